The van der Waals surface area contributed by atoms with E-state index in [1.165, 1.54) is 6.92 Å². The molecule has 0 aromatic heterocycles. The Morgan fingerprint density at radius 2 is 0.845 bits per heavy atom. The third-order valence-electron chi connectivity index (χ3n) is 8.93. The van der Waals surface area contributed by atoms with Gasteiger partial charge in [0.15, 0.2) is 27.7 Å². The fourth-order valence-corrected chi connectivity index (χ4v) is 6.36. The lowest BCUT2D eigenvalue weighted by molar-refractivity contribution is -0.108. The molecule has 0 heterocycles. The van der Waals surface area contributed by atoms with Crippen molar-refractivity contribution in [3.05, 3.63) is 178 Å². The summed E-state index contributed by atoms with van der Waals surface area (Å²) in [5.41, 5.74) is 8.03. The number of rotatable bonds is 14. The Morgan fingerprint density at radius 1 is 0.517 bits per heavy atom. The maximum Gasteiger partial charge on any atom is 0.194 e. The molecule has 8 nitrogen and oxygen atoms in total. The minimum absolute atomic E-state index is 0.0208. The number of hydrogen-bond acceptors (Lipinski definition) is 8. The highest BCUT2D eigenvalue weighted by atomic mass is 79.9. The number of aryl methyl sites for hydroxylation is 2. The molecule has 10 heteroatoms. The van der Waals surface area contributed by atoms with E-state index in [2.05, 4.69) is 56.1 Å². The predicted molar refractivity (Wildman–Crippen MR) is 237 cm³/mol. The highest BCUT2D eigenvalue weighted by molar-refractivity contribution is 9.18. The van der Waals surface area contributed by atoms with Gasteiger partial charge in [0.2, 0.25) is 0 Å². The van der Waals surface area contributed by atoms with E-state index in [0.29, 0.717) is 30.5 Å². The van der Waals surface area contributed by atoms with Crippen LogP contribution in [0.2, 0.25) is 0 Å². The summed E-state index contributed by atoms with van der Waals surface area (Å²) in [6, 6.07) is 43.4. The molecular formula is C48H50Br2O8. The van der Waals surface area contributed by atoms with Gasteiger partial charge in [-0.2, -0.15) is 0 Å². The van der Waals surface area contributed by atoms with Crippen LogP contribution in [0, 0.1) is 13.8 Å². The van der Waals surface area contributed by atoms with Crippen LogP contribution in [0.4, 0.5) is 0 Å². The van der Waals surface area contributed by atoms with Crippen molar-refractivity contribution >= 4 is 36.6 Å². The molecule has 0 aliphatic heterocycles. The molecule has 0 fully saturated rings. The summed E-state index contributed by atoms with van der Waals surface area (Å²) in [5.74, 6) is 4.30. The molecule has 0 saturated carbocycles. The van der Waals surface area contributed by atoms with Crippen LogP contribution >= 0.6 is 31.9 Å². The standard InChI is InChI=1S/C23H23BrO3.C23H24O4.C2H3BrO/c2*1-16-9-10-18(13-21(16)25-2)23(24)19-11-12-20(22(14-19)26-3)27-15-17-7-5-4-6-8-17;1-2(3)4/h4-14,23H,15H2,1-3H3;4-14,23-24H,15H2,1-3H3;1H3. The lowest BCUT2D eigenvalue weighted by atomic mass is 9.99. The zero-order chi connectivity index (χ0) is 42.0. The molecule has 6 aromatic carbocycles. The smallest absolute Gasteiger partial charge is 0.194 e. The molecule has 6 rings (SSSR count). The van der Waals surface area contributed by atoms with Gasteiger partial charge < -0.3 is 33.5 Å². The van der Waals surface area contributed by atoms with Crippen molar-refractivity contribution in [2.24, 2.45) is 0 Å². The zero-order valence-corrected chi connectivity index (χ0v) is 37.0. The molecule has 0 radical (unpaired) electrons. The minimum atomic E-state index is -0.781. The van der Waals surface area contributed by atoms with Gasteiger partial charge in [-0.3, -0.25) is 4.79 Å². The van der Waals surface area contributed by atoms with E-state index in [1.807, 2.05) is 117 Å². The summed E-state index contributed by atoms with van der Waals surface area (Å²) >= 11 is 6.43. The van der Waals surface area contributed by atoms with Crippen LogP contribution in [-0.4, -0.2) is 38.2 Å². The van der Waals surface area contributed by atoms with Crippen molar-refractivity contribution < 1.29 is 38.3 Å². The Balaban J connectivity index is 0.000000235. The average Bonchev–Trinajstić information content (AvgIpc) is 3.25. The number of alkyl halides is 1. The van der Waals surface area contributed by atoms with Gasteiger partial charge in [0.1, 0.15) is 30.8 Å². The van der Waals surface area contributed by atoms with Gasteiger partial charge in [-0.25, -0.2) is 0 Å². The lowest BCUT2D eigenvalue weighted by Gasteiger charge is -2.17. The Hall–Kier alpha value is -5.29. The van der Waals surface area contributed by atoms with Crippen LogP contribution in [0.15, 0.2) is 133 Å². The second-order valence-electron chi connectivity index (χ2n) is 13.1. The van der Waals surface area contributed by atoms with Gasteiger partial charge >= 0.3 is 0 Å². The molecular weight excluding hydrogens is 864 g/mol. The van der Waals surface area contributed by atoms with E-state index in [9.17, 15) is 9.90 Å². The number of halogens is 2. The molecule has 0 aliphatic carbocycles. The number of ether oxygens (including phenoxy) is 6. The quantitative estimate of drug-likeness (QED) is 0.0853. The van der Waals surface area contributed by atoms with Gasteiger partial charge in [0.25, 0.3) is 0 Å². The number of aliphatic hydroxyl groups excluding tert-OH is 1. The summed E-state index contributed by atoms with van der Waals surface area (Å²) in [5, 5.41) is 10.8. The highest BCUT2D eigenvalue weighted by Crippen LogP contribution is 2.39. The summed E-state index contributed by atoms with van der Waals surface area (Å²) in [6.45, 7) is 6.41. The van der Waals surface area contributed by atoms with Gasteiger partial charge in [-0.15, -0.1) is 0 Å². The summed E-state index contributed by atoms with van der Waals surface area (Å²) < 4.78 is 33.6. The third kappa shape index (κ3) is 13.4. The molecule has 58 heavy (non-hydrogen) atoms. The Bertz CT molecular complexity index is 2040. The summed E-state index contributed by atoms with van der Waals surface area (Å²) in [4.78, 5) is 9.39. The van der Waals surface area contributed by atoms with Gasteiger partial charge in [-0.05, 0) is 111 Å². The first-order chi connectivity index (χ1) is 28.0. The highest BCUT2D eigenvalue weighted by Gasteiger charge is 2.17. The average molecular weight is 915 g/mol. The molecule has 0 spiro atoms. The molecule has 1 N–H and O–H groups in total. The second kappa shape index (κ2) is 23.2. The Labute approximate surface area is 358 Å². The fourth-order valence-electron chi connectivity index (χ4n) is 5.79. The Morgan fingerprint density at radius 3 is 1.26 bits per heavy atom. The molecule has 6 aromatic rings. The normalized spacial score (nSPS) is 11.3. The largest absolute Gasteiger partial charge is 0.496 e. The monoisotopic (exact) mass is 912 g/mol. The molecule has 2 atom stereocenters. The van der Waals surface area contributed by atoms with Crippen LogP contribution in [0.3, 0.4) is 0 Å². The maximum absolute atomic E-state index is 10.8. The Kier molecular flexibility index (Phi) is 18.2. The number of methoxy groups -OCH3 is 4. The van der Waals surface area contributed by atoms with Crippen LogP contribution in [-0.2, 0) is 18.0 Å². The summed E-state index contributed by atoms with van der Waals surface area (Å²) in [7, 11) is 6.57. The van der Waals surface area contributed by atoms with Gasteiger partial charge in [0.05, 0.1) is 33.3 Å². The van der Waals surface area contributed by atoms with E-state index in [1.54, 1.807) is 34.5 Å². The van der Waals surface area contributed by atoms with Crippen molar-refractivity contribution in [3.63, 3.8) is 0 Å². The first-order valence-electron chi connectivity index (χ1n) is 18.4. The van der Waals surface area contributed by atoms with E-state index < -0.39 is 6.10 Å². The first kappa shape index (κ1) is 45.4. The zero-order valence-electron chi connectivity index (χ0n) is 33.8. The molecule has 304 valence electrons. The van der Waals surface area contributed by atoms with Gasteiger partial charge in [-0.1, -0.05) is 113 Å². The third-order valence-corrected chi connectivity index (χ3v) is 9.99. The van der Waals surface area contributed by atoms with Crippen molar-refractivity contribution in [2.75, 3.05) is 28.4 Å². The van der Waals surface area contributed by atoms with Crippen LogP contribution in [0.1, 0.15) is 62.4 Å². The molecule has 0 amide bonds. The van der Waals surface area contributed by atoms with Crippen LogP contribution in [0.25, 0.3) is 0 Å². The van der Waals surface area contributed by atoms with Crippen molar-refractivity contribution in [2.45, 2.75) is 44.9 Å². The number of carbonyl (C=O) groups is 1. The van der Waals surface area contributed by atoms with E-state index >= 15 is 0 Å². The topological polar surface area (TPSA) is 92.7 Å². The number of aliphatic hydroxyl groups is 1. The predicted octanol–water partition coefficient (Wildman–Crippen LogP) is 11.7. The van der Waals surface area contributed by atoms with Gasteiger partial charge in [0, 0.05) is 6.92 Å². The second-order valence-corrected chi connectivity index (χ2v) is 15.1. The lowest BCUT2D eigenvalue weighted by Crippen LogP contribution is -2.03. The molecule has 2 unspecified atom stereocenters. The van der Waals surface area contributed by atoms with Crippen LogP contribution in [0.5, 0.6) is 34.5 Å². The summed E-state index contributed by atoms with van der Waals surface area (Å²) in [6.07, 6.45) is -0.781. The van der Waals surface area contributed by atoms with Crippen LogP contribution < -0.4 is 28.4 Å². The fraction of sp³-hybridized carbons (Fsp3) is 0.229. The van der Waals surface area contributed by atoms with Crippen molar-refractivity contribution in [3.8, 4) is 34.5 Å². The van der Waals surface area contributed by atoms with E-state index in [4.69, 9.17) is 28.4 Å². The number of hydrogen-bond donors (Lipinski definition) is 1. The SMILES string of the molecule is CC(=O)Br.COc1cc(C(Br)c2ccc(OCc3ccccc3)c(OC)c2)ccc1C.COc1cc(C(O)c2ccc(OCc3ccccc3)c(OC)c2)ccc1C. The molecule has 0 saturated heterocycles. The minimum Gasteiger partial charge on any atom is -0.496 e. The maximum atomic E-state index is 10.8. The molecule has 0 bridgehead atoms. The molecule has 0 aliphatic rings. The van der Waals surface area contributed by atoms with Crippen molar-refractivity contribution in [1.29, 1.82) is 0 Å². The van der Waals surface area contributed by atoms with E-state index in [-0.39, 0.29) is 9.52 Å². The first-order valence-corrected chi connectivity index (χ1v) is 20.1. The number of benzene rings is 6. The number of carbonyl (C=O) groups excluding carboxylic acids is 1. The van der Waals surface area contributed by atoms with E-state index in [0.717, 1.165) is 61.8 Å². The van der Waals surface area contributed by atoms with Crippen molar-refractivity contribution in [1.82, 2.24) is 0 Å².